The molecule has 126 valence electrons. The lowest BCUT2D eigenvalue weighted by molar-refractivity contribution is -0.149. The Morgan fingerprint density at radius 2 is 2.04 bits per heavy atom. The molecule has 0 spiro atoms. The smallest absolute Gasteiger partial charge is 0.311 e. The van der Waals surface area contributed by atoms with Crippen LogP contribution >= 0.6 is 0 Å². The second-order valence-electron chi connectivity index (χ2n) is 5.54. The van der Waals surface area contributed by atoms with Crippen molar-refractivity contribution in [1.82, 2.24) is 4.90 Å². The number of carbonyl (C=O) groups is 2. The van der Waals surface area contributed by atoms with Gasteiger partial charge in [-0.25, -0.2) is 0 Å². The zero-order chi connectivity index (χ0) is 17.0. The summed E-state index contributed by atoms with van der Waals surface area (Å²) in [5.41, 5.74) is 0.873. The van der Waals surface area contributed by atoms with Crippen LogP contribution in [0.4, 0.5) is 0 Å². The number of rotatable bonds is 6. The molecule has 0 N–H and O–H groups in total. The van der Waals surface area contributed by atoms with Crippen LogP contribution in [0, 0.1) is 11.8 Å². The molecule has 1 aromatic rings. The van der Waals surface area contributed by atoms with Crippen molar-refractivity contribution in [3.63, 3.8) is 0 Å². The number of hydrogen-bond donors (Lipinski definition) is 0. The highest BCUT2D eigenvalue weighted by Crippen LogP contribution is 2.31. The van der Waals surface area contributed by atoms with Gasteiger partial charge in [0.15, 0.2) is 0 Å². The van der Waals surface area contributed by atoms with Crippen LogP contribution in [0.25, 0.3) is 0 Å². The molecule has 0 radical (unpaired) electrons. The number of amides is 1. The van der Waals surface area contributed by atoms with E-state index < -0.39 is 5.92 Å². The molecule has 2 atom stereocenters. The number of hydrogen-bond acceptors (Lipinski definition) is 5. The first-order valence-electron chi connectivity index (χ1n) is 7.68. The summed E-state index contributed by atoms with van der Waals surface area (Å²) in [4.78, 5) is 26.0. The van der Waals surface area contributed by atoms with Crippen molar-refractivity contribution >= 4 is 11.9 Å². The Bertz CT molecular complexity index is 586. The minimum Gasteiger partial charge on any atom is -0.497 e. The maximum Gasteiger partial charge on any atom is 0.311 e. The average Bonchev–Trinajstić information content (AvgIpc) is 2.84. The van der Waals surface area contributed by atoms with E-state index in [4.69, 9.17) is 14.2 Å². The van der Waals surface area contributed by atoms with Gasteiger partial charge in [-0.05, 0) is 19.1 Å². The van der Waals surface area contributed by atoms with Crippen LogP contribution in [0.2, 0.25) is 0 Å². The summed E-state index contributed by atoms with van der Waals surface area (Å²) < 4.78 is 15.6. The molecule has 1 aromatic carbocycles. The predicted octanol–water partition coefficient (Wildman–Crippen LogP) is 1.86. The molecule has 23 heavy (non-hydrogen) atoms. The maximum absolute atomic E-state index is 12.4. The minimum absolute atomic E-state index is 0.0408. The lowest BCUT2D eigenvalue weighted by Gasteiger charge is -2.18. The van der Waals surface area contributed by atoms with Crippen molar-refractivity contribution in [3.8, 4) is 11.5 Å². The zero-order valence-corrected chi connectivity index (χ0v) is 14.0. The average molecular weight is 321 g/mol. The van der Waals surface area contributed by atoms with Crippen molar-refractivity contribution in [2.24, 2.45) is 11.8 Å². The second-order valence-corrected chi connectivity index (χ2v) is 5.54. The van der Waals surface area contributed by atoms with E-state index in [2.05, 4.69) is 0 Å². The monoisotopic (exact) mass is 321 g/mol. The van der Waals surface area contributed by atoms with E-state index in [-0.39, 0.29) is 17.8 Å². The van der Waals surface area contributed by atoms with E-state index >= 15 is 0 Å². The molecule has 1 aliphatic heterocycles. The molecule has 2 unspecified atom stereocenters. The molecule has 2 rings (SSSR count). The lowest BCUT2D eigenvalue weighted by atomic mass is 9.98. The van der Waals surface area contributed by atoms with Crippen LogP contribution < -0.4 is 9.47 Å². The SMILES string of the molecule is CCOC(=O)C1CN(Cc2ccc(OC)cc2OC)C(=O)C1C. The third-order valence-corrected chi connectivity index (χ3v) is 4.17. The molecular weight excluding hydrogens is 298 g/mol. The van der Waals surface area contributed by atoms with Crippen LogP contribution in [0.5, 0.6) is 11.5 Å². The largest absolute Gasteiger partial charge is 0.497 e. The molecule has 1 amide bonds. The van der Waals surface area contributed by atoms with Gasteiger partial charge in [0.1, 0.15) is 11.5 Å². The number of benzene rings is 1. The number of carbonyl (C=O) groups excluding carboxylic acids is 2. The highest BCUT2D eigenvalue weighted by atomic mass is 16.5. The number of esters is 1. The molecule has 0 aromatic heterocycles. The van der Waals surface area contributed by atoms with E-state index in [1.165, 1.54) is 0 Å². The Labute approximate surface area is 136 Å². The summed E-state index contributed by atoms with van der Waals surface area (Å²) in [5.74, 6) is 0.226. The Balaban J connectivity index is 2.14. The van der Waals surface area contributed by atoms with Gasteiger partial charge in [0.05, 0.1) is 32.7 Å². The molecule has 1 fully saturated rings. The predicted molar refractivity (Wildman–Crippen MR) is 84.3 cm³/mol. The lowest BCUT2D eigenvalue weighted by Crippen LogP contribution is -2.26. The molecule has 1 aliphatic rings. The zero-order valence-electron chi connectivity index (χ0n) is 14.0. The van der Waals surface area contributed by atoms with E-state index in [1.54, 1.807) is 39.0 Å². The Kier molecular flexibility index (Phi) is 5.47. The maximum atomic E-state index is 12.4. The van der Waals surface area contributed by atoms with E-state index in [9.17, 15) is 9.59 Å². The number of nitrogens with zero attached hydrogens (tertiary/aromatic N) is 1. The number of methoxy groups -OCH3 is 2. The van der Waals surface area contributed by atoms with Crippen LogP contribution in [0.15, 0.2) is 18.2 Å². The van der Waals surface area contributed by atoms with Crippen molar-refractivity contribution in [3.05, 3.63) is 23.8 Å². The third kappa shape index (κ3) is 3.57. The Hall–Kier alpha value is -2.24. The summed E-state index contributed by atoms with van der Waals surface area (Å²) in [6.07, 6.45) is 0. The van der Waals surface area contributed by atoms with Crippen LogP contribution in [-0.2, 0) is 20.9 Å². The fourth-order valence-corrected chi connectivity index (χ4v) is 2.80. The van der Waals surface area contributed by atoms with E-state index in [0.717, 1.165) is 5.56 Å². The van der Waals surface area contributed by atoms with E-state index in [1.807, 2.05) is 12.1 Å². The first-order valence-corrected chi connectivity index (χ1v) is 7.68. The summed E-state index contributed by atoms with van der Waals surface area (Å²) in [6.45, 7) is 4.62. The van der Waals surface area contributed by atoms with Crippen molar-refractivity contribution in [2.75, 3.05) is 27.4 Å². The van der Waals surface area contributed by atoms with Gasteiger partial charge in [0.2, 0.25) is 5.91 Å². The highest BCUT2D eigenvalue weighted by molar-refractivity contribution is 5.88. The van der Waals surface area contributed by atoms with Gasteiger partial charge < -0.3 is 19.1 Å². The van der Waals surface area contributed by atoms with Gasteiger partial charge in [0, 0.05) is 24.7 Å². The van der Waals surface area contributed by atoms with Crippen LogP contribution in [-0.4, -0.2) is 44.1 Å². The summed E-state index contributed by atoms with van der Waals surface area (Å²) in [6, 6.07) is 5.47. The highest BCUT2D eigenvalue weighted by Gasteiger charge is 2.42. The molecule has 6 heteroatoms. The van der Waals surface area contributed by atoms with Gasteiger partial charge in [-0.15, -0.1) is 0 Å². The standard InChI is InChI=1S/C17H23NO5/c1-5-23-17(20)14-10-18(16(19)11(14)2)9-12-6-7-13(21-3)8-15(12)22-4/h6-8,11,14H,5,9-10H2,1-4H3. The molecule has 6 nitrogen and oxygen atoms in total. The fourth-order valence-electron chi connectivity index (χ4n) is 2.80. The van der Waals surface area contributed by atoms with Crippen molar-refractivity contribution in [2.45, 2.75) is 20.4 Å². The van der Waals surface area contributed by atoms with Crippen molar-refractivity contribution in [1.29, 1.82) is 0 Å². The van der Waals surface area contributed by atoms with E-state index in [0.29, 0.717) is 31.2 Å². The first kappa shape index (κ1) is 17.1. The number of ether oxygens (including phenoxy) is 3. The van der Waals surface area contributed by atoms with Gasteiger partial charge in [0.25, 0.3) is 0 Å². The number of likely N-dealkylation sites (tertiary alicyclic amines) is 1. The molecular formula is C17H23NO5. The third-order valence-electron chi connectivity index (χ3n) is 4.17. The summed E-state index contributed by atoms with van der Waals surface area (Å²) in [5, 5.41) is 0. The molecule has 1 saturated heterocycles. The topological polar surface area (TPSA) is 65.1 Å². The Morgan fingerprint density at radius 1 is 1.30 bits per heavy atom. The van der Waals surface area contributed by atoms with Crippen LogP contribution in [0.3, 0.4) is 0 Å². The summed E-state index contributed by atoms with van der Waals surface area (Å²) in [7, 11) is 3.16. The normalized spacial score (nSPS) is 20.5. The first-order chi connectivity index (χ1) is 11.0. The minimum atomic E-state index is -0.410. The van der Waals surface area contributed by atoms with Crippen LogP contribution in [0.1, 0.15) is 19.4 Å². The molecule has 1 heterocycles. The molecule has 0 bridgehead atoms. The van der Waals surface area contributed by atoms with Gasteiger partial charge in [-0.1, -0.05) is 6.92 Å². The fraction of sp³-hybridized carbons (Fsp3) is 0.529. The Morgan fingerprint density at radius 3 is 2.65 bits per heavy atom. The quantitative estimate of drug-likeness (QED) is 0.748. The second kappa shape index (κ2) is 7.35. The van der Waals surface area contributed by atoms with Crippen molar-refractivity contribution < 1.29 is 23.8 Å². The van der Waals surface area contributed by atoms with Gasteiger partial charge in [-0.2, -0.15) is 0 Å². The van der Waals surface area contributed by atoms with Gasteiger partial charge in [-0.3, -0.25) is 9.59 Å². The van der Waals surface area contributed by atoms with Gasteiger partial charge >= 0.3 is 5.97 Å². The molecule has 0 aliphatic carbocycles. The molecule has 0 saturated carbocycles. The summed E-state index contributed by atoms with van der Waals surface area (Å²) >= 11 is 0.